The zero-order valence-corrected chi connectivity index (χ0v) is 10.2. The van der Waals surface area contributed by atoms with Gasteiger partial charge in [0.05, 0.1) is 0 Å². The van der Waals surface area contributed by atoms with E-state index in [4.69, 9.17) is 0 Å². The van der Waals surface area contributed by atoms with Crippen LogP contribution >= 0.6 is 35.3 Å². The molecule has 1 nitrogen and oxygen atoms in total. The maximum atomic E-state index is 4.39. The van der Waals surface area contributed by atoms with E-state index in [0.29, 0.717) is 0 Å². The molecular formula is C11H7NS3. The molecule has 0 aliphatic rings. The molecule has 2 heterocycles. The van der Waals surface area contributed by atoms with E-state index in [1.165, 1.54) is 15.6 Å². The van der Waals surface area contributed by atoms with Crippen molar-refractivity contribution in [3.8, 4) is 10.6 Å². The molecule has 0 saturated heterocycles. The Morgan fingerprint density at radius 1 is 1.07 bits per heavy atom. The summed E-state index contributed by atoms with van der Waals surface area (Å²) in [5, 5.41) is 7.26. The fourth-order valence-electron chi connectivity index (χ4n) is 1.53. The molecule has 0 amide bonds. The SMILES string of the molecule is Sc1csc(-c2csc3ccccc23)n1. The molecule has 74 valence electrons. The van der Waals surface area contributed by atoms with E-state index in [-0.39, 0.29) is 0 Å². The number of thiol groups is 1. The van der Waals surface area contributed by atoms with Crippen LogP contribution < -0.4 is 0 Å². The van der Waals surface area contributed by atoms with Gasteiger partial charge in [-0.1, -0.05) is 18.2 Å². The summed E-state index contributed by atoms with van der Waals surface area (Å²) in [7, 11) is 0. The van der Waals surface area contributed by atoms with Crippen LogP contribution in [0, 0.1) is 0 Å². The van der Waals surface area contributed by atoms with Gasteiger partial charge in [0.15, 0.2) is 0 Å². The second-order valence-electron chi connectivity index (χ2n) is 3.16. The molecule has 3 aromatic rings. The normalized spacial score (nSPS) is 11.0. The van der Waals surface area contributed by atoms with Crippen molar-refractivity contribution in [3.63, 3.8) is 0 Å². The maximum absolute atomic E-state index is 4.39. The van der Waals surface area contributed by atoms with Crippen molar-refractivity contribution in [2.24, 2.45) is 0 Å². The molecule has 0 atom stereocenters. The van der Waals surface area contributed by atoms with E-state index in [2.05, 4.69) is 47.3 Å². The number of fused-ring (bicyclic) bond motifs is 1. The Kier molecular flexibility index (Phi) is 2.27. The quantitative estimate of drug-likeness (QED) is 0.634. The highest BCUT2D eigenvalue weighted by Crippen LogP contribution is 2.35. The van der Waals surface area contributed by atoms with Crippen LogP contribution in [0.4, 0.5) is 0 Å². The minimum atomic E-state index is 0.797. The molecule has 2 aromatic heterocycles. The standard InChI is InChI=1S/C11H7NS3/c13-10-6-15-11(12-10)8-5-14-9-4-2-1-3-7(8)9/h1-6,13H. The van der Waals surface area contributed by atoms with Crippen LogP contribution in [-0.4, -0.2) is 4.98 Å². The molecule has 0 N–H and O–H groups in total. The Morgan fingerprint density at radius 2 is 1.93 bits per heavy atom. The molecule has 0 fully saturated rings. The van der Waals surface area contributed by atoms with Crippen molar-refractivity contribution in [2.45, 2.75) is 5.03 Å². The van der Waals surface area contributed by atoms with Gasteiger partial charge in [-0.15, -0.1) is 35.3 Å². The van der Waals surface area contributed by atoms with Crippen molar-refractivity contribution in [1.29, 1.82) is 0 Å². The summed E-state index contributed by atoms with van der Waals surface area (Å²) >= 11 is 7.63. The van der Waals surface area contributed by atoms with Crippen molar-refractivity contribution in [3.05, 3.63) is 35.0 Å². The van der Waals surface area contributed by atoms with E-state index in [1.54, 1.807) is 22.7 Å². The zero-order chi connectivity index (χ0) is 10.3. The highest BCUT2D eigenvalue weighted by Gasteiger charge is 2.08. The summed E-state index contributed by atoms with van der Waals surface area (Å²) in [5.41, 5.74) is 1.22. The van der Waals surface area contributed by atoms with E-state index < -0.39 is 0 Å². The largest absolute Gasteiger partial charge is 0.230 e. The number of thiazole rings is 1. The Hall–Kier alpha value is -0.840. The molecule has 3 rings (SSSR count). The average Bonchev–Trinajstić information content (AvgIpc) is 2.83. The highest BCUT2D eigenvalue weighted by atomic mass is 32.1. The first kappa shape index (κ1) is 9.39. The van der Waals surface area contributed by atoms with Crippen LogP contribution in [0.15, 0.2) is 40.1 Å². The van der Waals surface area contributed by atoms with Crippen LogP contribution in [0.3, 0.4) is 0 Å². The lowest BCUT2D eigenvalue weighted by molar-refractivity contribution is 1.22. The third-order valence-corrected chi connectivity index (χ3v) is 4.45. The van der Waals surface area contributed by atoms with Gasteiger partial charge in [0, 0.05) is 26.4 Å². The first-order chi connectivity index (χ1) is 7.34. The zero-order valence-electron chi connectivity index (χ0n) is 7.68. The predicted molar refractivity (Wildman–Crippen MR) is 70.2 cm³/mol. The van der Waals surface area contributed by atoms with Crippen LogP contribution in [0.2, 0.25) is 0 Å². The second kappa shape index (κ2) is 3.63. The third kappa shape index (κ3) is 1.58. The first-order valence-electron chi connectivity index (χ1n) is 4.46. The molecule has 15 heavy (non-hydrogen) atoms. The van der Waals surface area contributed by atoms with E-state index in [9.17, 15) is 0 Å². The molecule has 0 saturated carbocycles. The highest BCUT2D eigenvalue weighted by molar-refractivity contribution is 7.80. The van der Waals surface area contributed by atoms with Gasteiger partial charge in [0.1, 0.15) is 10.0 Å². The second-order valence-corrected chi connectivity index (χ2v) is 5.38. The van der Waals surface area contributed by atoms with Crippen LogP contribution in [0.1, 0.15) is 0 Å². The van der Waals surface area contributed by atoms with Gasteiger partial charge in [0.2, 0.25) is 0 Å². The number of hydrogen-bond acceptors (Lipinski definition) is 4. The molecule has 0 bridgehead atoms. The molecule has 0 aliphatic heterocycles. The summed E-state index contributed by atoms with van der Waals surface area (Å²) < 4.78 is 1.31. The van der Waals surface area contributed by atoms with Crippen LogP contribution in [-0.2, 0) is 0 Å². The van der Waals surface area contributed by atoms with Crippen molar-refractivity contribution >= 4 is 45.4 Å². The molecular weight excluding hydrogens is 242 g/mol. The average molecular weight is 249 g/mol. The van der Waals surface area contributed by atoms with Gasteiger partial charge in [-0.25, -0.2) is 4.98 Å². The number of rotatable bonds is 1. The van der Waals surface area contributed by atoms with Crippen molar-refractivity contribution < 1.29 is 0 Å². The number of nitrogens with zero attached hydrogens (tertiary/aromatic N) is 1. The number of aromatic nitrogens is 1. The van der Waals surface area contributed by atoms with Gasteiger partial charge in [-0.05, 0) is 6.07 Å². The van der Waals surface area contributed by atoms with E-state index >= 15 is 0 Å². The molecule has 1 aromatic carbocycles. The number of hydrogen-bond donors (Lipinski definition) is 1. The molecule has 4 heteroatoms. The minimum absolute atomic E-state index is 0.797. The monoisotopic (exact) mass is 249 g/mol. The smallest absolute Gasteiger partial charge is 0.126 e. The lowest BCUT2D eigenvalue weighted by atomic mass is 10.2. The van der Waals surface area contributed by atoms with Gasteiger partial charge < -0.3 is 0 Å². The third-order valence-electron chi connectivity index (χ3n) is 2.20. The van der Waals surface area contributed by atoms with Gasteiger partial charge >= 0.3 is 0 Å². The summed E-state index contributed by atoms with van der Waals surface area (Å²) in [6.07, 6.45) is 0. The Bertz CT molecular complexity index is 609. The maximum Gasteiger partial charge on any atom is 0.126 e. The first-order valence-corrected chi connectivity index (χ1v) is 6.66. The van der Waals surface area contributed by atoms with E-state index in [0.717, 1.165) is 10.0 Å². The summed E-state index contributed by atoms with van der Waals surface area (Å²) in [5.74, 6) is 0. The van der Waals surface area contributed by atoms with Gasteiger partial charge in [0.25, 0.3) is 0 Å². The van der Waals surface area contributed by atoms with Gasteiger partial charge in [-0.2, -0.15) is 0 Å². The lowest BCUT2D eigenvalue weighted by Crippen LogP contribution is -1.72. The van der Waals surface area contributed by atoms with E-state index in [1.807, 2.05) is 5.38 Å². The Balaban J connectivity index is 2.27. The predicted octanol–water partition coefficient (Wildman–Crippen LogP) is 4.31. The summed E-state index contributed by atoms with van der Waals surface area (Å²) in [6, 6.07) is 8.40. The number of thiophene rings is 1. The van der Waals surface area contributed by atoms with Gasteiger partial charge in [-0.3, -0.25) is 0 Å². The summed E-state index contributed by atoms with van der Waals surface area (Å²) in [6.45, 7) is 0. The van der Waals surface area contributed by atoms with Crippen molar-refractivity contribution in [1.82, 2.24) is 4.98 Å². The lowest BCUT2D eigenvalue weighted by Gasteiger charge is -1.92. The molecule has 0 aliphatic carbocycles. The van der Waals surface area contributed by atoms with Crippen LogP contribution in [0.25, 0.3) is 20.7 Å². The molecule has 0 unspecified atom stereocenters. The van der Waals surface area contributed by atoms with Crippen LogP contribution in [0.5, 0.6) is 0 Å². The fourth-order valence-corrected chi connectivity index (χ4v) is 3.59. The summed E-state index contributed by atoms with van der Waals surface area (Å²) in [4.78, 5) is 4.39. The minimum Gasteiger partial charge on any atom is -0.230 e. The molecule has 0 radical (unpaired) electrons. The number of benzene rings is 1. The fraction of sp³-hybridized carbons (Fsp3) is 0. The Morgan fingerprint density at radius 3 is 2.73 bits per heavy atom. The van der Waals surface area contributed by atoms with Crippen molar-refractivity contribution in [2.75, 3.05) is 0 Å². The molecule has 0 spiro atoms. The Labute approximate surface area is 101 Å². The topological polar surface area (TPSA) is 12.9 Å².